The van der Waals surface area contributed by atoms with Gasteiger partial charge in [0, 0.05) is 31.1 Å². The molecule has 0 atom stereocenters. The van der Waals surface area contributed by atoms with Crippen LogP contribution in [-0.2, 0) is 4.79 Å². The number of carbonyl (C=O) groups is 1. The van der Waals surface area contributed by atoms with Gasteiger partial charge in [0.2, 0.25) is 5.91 Å². The Morgan fingerprint density at radius 3 is 2.21 bits per heavy atom. The maximum Gasteiger partial charge on any atom is 0.223 e. The summed E-state index contributed by atoms with van der Waals surface area (Å²) in [5.41, 5.74) is 0.0813. The van der Waals surface area contributed by atoms with Crippen molar-refractivity contribution in [2.45, 2.75) is 77.7 Å². The van der Waals surface area contributed by atoms with E-state index in [0.717, 1.165) is 31.9 Å². The predicted octanol–water partition coefficient (Wildman–Crippen LogP) is 3.12. The van der Waals surface area contributed by atoms with Crippen molar-refractivity contribution in [2.75, 3.05) is 39.3 Å². The van der Waals surface area contributed by atoms with Gasteiger partial charge in [0.05, 0.1) is 6.54 Å². The molecular formula is C21H42IN5O. The molecule has 1 heterocycles. The van der Waals surface area contributed by atoms with Crippen molar-refractivity contribution >= 4 is 35.8 Å². The largest absolute Gasteiger partial charge is 0.357 e. The number of likely N-dealkylation sites (tertiary alicyclic amines) is 1. The number of guanidine groups is 1. The zero-order valence-electron chi connectivity index (χ0n) is 18.2. The van der Waals surface area contributed by atoms with Crippen LogP contribution in [0.25, 0.3) is 0 Å². The minimum Gasteiger partial charge on any atom is -0.357 e. The lowest BCUT2D eigenvalue weighted by Crippen LogP contribution is -2.50. The average Bonchev–Trinajstić information content (AvgIpc) is 2.70. The molecule has 2 fully saturated rings. The number of hydrogen-bond acceptors (Lipinski definition) is 3. The molecule has 0 spiro atoms. The van der Waals surface area contributed by atoms with Crippen LogP contribution in [-0.4, -0.2) is 61.6 Å². The minimum atomic E-state index is 0. The molecule has 1 amide bonds. The smallest absolute Gasteiger partial charge is 0.223 e. The van der Waals surface area contributed by atoms with E-state index in [2.05, 4.69) is 41.6 Å². The van der Waals surface area contributed by atoms with Crippen LogP contribution in [0.15, 0.2) is 4.99 Å². The maximum absolute atomic E-state index is 12.2. The normalized spacial score (nSPS) is 19.6. The summed E-state index contributed by atoms with van der Waals surface area (Å²) < 4.78 is 0. The summed E-state index contributed by atoms with van der Waals surface area (Å²) in [6.45, 7) is 12.0. The lowest BCUT2D eigenvalue weighted by atomic mass is 9.89. The maximum atomic E-state index is 12.2. The van der Waals surface area contributed by atoms with Crippen molar-refractivity contribution < 1.29 is 4.79 Å². The summed E-state index contributed by atoms with van der Waals surface area (Å²) in [6, 6.07) is 0. The fraction of sp³-hybridized carbons (Fsp3) is 0.905. The second kappa shape index (κ2) is 13.6. The summed E-state index contributed by atoms with van der Waals surface area (Å²) in [7, 11) is 0. The predicted molar refractivity (Wildman–Crippen MR) is 128 cm³/mol. The lowest BCUT2D eigenvalue weighted by Gasteiger charge is -2.40. The fourth-order valence-corrected chi connectivity index (χ4v) is 4.09. The van der Waals surface area contributed by atoms with E-state index in [1.165, 1.54) is 51.6 Å². The Morgan fingerprint density at radius 1 is 0.964 bits per heavy atom. The highest BCUT2D eigenvalue weighted by molar-refractivity contribution is 14.0. The molecule has 0 bridgehead atoms. The van der Waals surface area contributed by atoms with Gasteiger partial charge in [-0.1, -0.05) is 25.7 Å². The van der Waals surface area contributed by atoms with E-state index in [-0.39, 0.29) is 41.3 Å². The number of piperidine rings is 1. The Hall–Kier alpha value is -0.570. The van der Waals surface area contributed by atoms with Gasteiger partial charge in [0.15, 0.2) is 5.96 Å². The van der Waals surface area contributed by atoms with Crippen LogP contribution in [0.1, 0.15) is 72.1 Å². The Bertz CT molecular complexity index is 471. The quantitative estimate of drug-likeness (QED) is 0.205. The third-order valence-corrected chi connectivity index (χ3v) is 5.87. The molecule has 3 N–H and O–H groups in total. The molecule has 0 unspecified atom stereocenters. The van der Waals surface area contributed by atoms with Gasteiger partial charge in [-0.2, -0.15) is 0 Å². The second-order valence-corrected chi connectivity index (χ2v) is 8.61. The molecule has 0 radical (unpaired) electrons. The van der Waals surface area contributed by atoms with E-state index in [9.17, 15) is 4.79 Å². The van der Waals surface area contributed by atoms with E-state index >= 15 is 0 Å². The molecule has 164 valence electrons. The fourth-order valence-electron chi connectivity index (χ4n) is 4.09. The Balaban J connectivity index is 0.00000392. The Labute approximate surface area is 189 Å². The average molecular weight is 508 g/mol. The number of rotatable bonds is 8. The molecule has 1 saturated heterocycles. The second-order valence-electron chi connectivity index (χ2n) is 8.61. The number of nitrogens with zero attached hydrogens (tertiary/aromatic N) is 2. The SMILES string of the molecule is CCNC(=NCC(C)(C)N1CCCCC1)NCCNC(=O)C1CCCCC1.I. The molecule has 6 nitrogen and oxygen atoms in total. The highest BCUT2D eigenvalue weighted by Gasteiger charge is 2.27. The Morgan fingerprint density at radius 2 is 1.57 bits per heavy atom. The molecule has 1 aliphatic carbocycles. The van der Waals surface area contributed by atoms with Crippen molar-refractivity contribution in [1.29, 1.82) is 0 Å². The van der Waals surface area contributed by atoms with E-state index < -0.39 is 0 Å². The molecular weight excluding hydrogens is 465 g/mol. The zero-order chi connectivity index (χ0) is 19.5. The highest BCUT2D eigenvalue weighted by Crippen LogP contribution is 2.23. The van der Waals surface area contributed by atoms with Crippen LogP contribution in [0.4, 0.5) is 0 Å². The summed E-state index contributed by atoms with van der Waals surface area (Å²) in [4.78, 5) is 19.6. The van der Waals surface area contributed by atoms with Gasteiger partial charge in [-0.15, -0.1) is 24.0 Å². The first-order valence-corrected chi connectivity index (χ1v) is 11.1. The number of aliphatic imine (C=N–C) groups is 1. The van der Waals surface area contributed by atoms with Crippen molar-refractivity contribution in [3.8, 4) is 0 Å². The van der Waals surface area contributed by atoms with Crippen molar-refractivity contribution in [3.05, 3.63) is 0 Å². The first kappa shape index (κ1) is 25.5. The highest BCUT2D eigenvalue weighted by atomic mass is 127. The van der Waals surface area contributed by atoms with Crippen LogP contribution >= 0.6 is 24.0 Å². The molecule has 2 rings (SSSR count). The zero-order valence-corrected chi connectivity index (χ0v) is 20.5. The van der Waals surface area contributed by atoms with Gasteiger partial charge in [0.25, 0.3) is 0 Å². The molecule has 0 aromatic rings. The van der Waals surface area contributed by atoms with Gasteiger partial charge in [-0.25, -0.2) is 0 Å². The van der Waals surface area contributed by atoms with Gasteiger partial charge in [0.1, 0.15) is 0 Å². The first-order valence-electron chi connectivity index (χ1n) is 11.1. The number of nitrogens with one attached hydrogen (secondary N) is 3. The molecule has 2 aliphatic rings. The van der Waals surface area contributed by atoms with Gasteiger partial charge in [-0.3, -0.25) is 14.7 Å². The van der Waals surface area contributed by atoms with Gasteiger partial charge < -0.3 is 16.0 Å². The molecule has 1 aliphatic heterocycles. The van der Waals surface area contributed by atoms with Gasteiger partial charge >= 0.3 is 0 Å². The van der Waals surface area contributed by atoms with E-state index in [1.54, 1.807) is 0 Å². The van der Waals surface area contributed by atoms with Crippen LogP contribution < -0.4 is 16.0 Å². The summed E-state index contributed by atoms with van der Waals surface area (Å²) in [6.07, 6.45) is 9.72. The molecule has 1 saturated carbocycles. The van der Waals surface area contributed by atoms with Gasteiger partial charge in [-0.05, 0) is 59.5 Å². The number of hydrogen-bond donors (Lipinski definition) is 3. The number of halogens is 1. The van der Waals surface area contributed by atoms with E-state index in [1.807, 2.05) is 0 Å². The molecule has 0 aromatic heterocycles. The molecule has 0 aromatic carbocycles. The first-order chi connectivity index (χ1) is 13.0. The number of amides is 1. The number of carbonyl (C=O) groups excluding carboxylic acids is 1. The van der Waals surface area contributed by atoms with Crippen LogP contribution in [0.2, 0.25) is 0 Å². The van der Waals surface area contributed by atoms with E-state index in [4.69, 9.17) is 4.99 Å². The van der Waals surface area contributed by atoms with Crippen LogP contribution in [0, 0.1) is 5.92 Å². The standard InChI is InChI=1S/C21H41N5O.HI/c1-4-22-20(25-17-21(2,3)26-15-9-6-10-16-26)24-14-13-23-19(27)18-11-7-5-8-12-18;/h18H,4-17H2,1-3H3,(H,23,27)(H2,22,24,25);1H. The molecule has 28 heavy (non-hydrogen) atoms. The van der Waals surface area contributed by atoms with Crippen molar-refractivity contribution in [1.82, 2.24) is 20.9 Å². The lowest BCUT2D eigenvalue weighted by molar-refractivity contribution is -0.125. The van der Waals surface area contributed by atoms with E-state index in [0.29, 0.717) is 13.1 Å². The summed E-state index contributed by atoms with van der Waals surface area (Å²) in [5, 5.41) is 9.76. The summed E-state index contributed by atoms with van der Waals surface area (Å²) in [5.74, 6) is 1.30. The minimum absolute atomic E-state index is 0. The van der Waals surface area contributed by atoms with Crippen LogP contribution in [0.5, 0.6) is 0 Å². The third kappa shape index (κ3) is 8.84. The third-order valence-electron chi connectivity index (χ3n) is 5.87. The molecule has 7 heteroatoms. The van der Waals surface area contributed by atoms with Crippen LogP contribution in [0.3, 0.4) is 0 Å². The summed E-state index contributed by atoms with van der Waals surface area (Å²) >= 11 is 0. The topological polar surface area (TPSA) is 68.8 Å². The monoisotopic (exact) mass is 507 g/mol. The van der Waals surface area contributed by atoms with Crippen molar-refractivity contribution in [3.63, 3.8) is 0 Å². The van der Waals surface area contributed by atoms with Crippen molar-refractivity contribution in [2.24, 2.45) is 10.9 Å². The Kier molecular flexibility index (Phi) is 12.4.